The summed E-state index contributed by atoms with van der Waals surface area (Å²) in [5.74, 6) is 0. The van der Waals surface area contributed by atoms with Crippen molar-refractivity contribution >= 4 is 10.2 Å². The third-order valence-electron chi connectivity index (χ3n) is 2.90. The van der Waals surface area contributed by atoms with E-state index in [-0.39, 0.29) is 6.04 Å². The Morgan fingerprint density at radius 2 is 1.88 bits per heavy atom. The van der Waals surface area contributed by atoms with Gasteiger partial charge in [-0.3, -0.25) is 0 Å². The van der Waals surface area contributed by atoms with E-state index in [4.69, 9.17) is 5.73 Å². The molecule has 5 nitrogen and oxygen atoms in total. The average molecular weight is 265 g/mol. The molecule has 0 amide bonds. The van der Waals surface area contributed by atoms with Crippen LogP contribution in [0, 0.1) is 0 Å². The fourth-order valence-electron chi connectivity index (χ4n) is 1.67. The van der Waals surface area contributed by atoms with Crippen molar-refractivity contribution in [1.82, 2.24) is 9.03 Å². The van der Waals surface area contributed by atoms with Crippen LogP contribution in [0.3, 0.4) is 0 Å². The van der Waals surface area contributed by atoms with Gasteiger partial charge in [0.15, 0.2) is 0 Å². The fraction of sp³-hybridized carbons (Fsp3) is 1.00. The summed E-state index contributed by atoms with van der Waals surface area (Å²) in [6.07, 6.45) is 1.47. The molecule has 0 aliphatic heterocycles. The van der Waals surface area contributed by atoms with Crippen molar-refractivity contribution in [2.24, 2.45) is 5.73 Å². The average Bonchev–Trinajstić information content (AvgIpc) is 2.23. The summed E-state index contributed by atoms with van der Waals surface area (Å²) in [5, 5.41) is 0. The quantitative estimate of drug-likeness (QED) is 0.689. The van der Waals surface area contributed by atoms with Crippen molar-refractivity contribution in [2.45, 2.75) is 59.0 Å². The molecule has 1 atom stereocenters. The summed E-state index contributed by atoms with van der Waals surface area (Å²) < 4.78 is 28.6. The van der Waals surface area contributed by atoms with Crippen LogP contribution in [0.2, 0.25) is 0 Å². The lowest BCUT2D eigenvalue weighted by molar-refractivity contribution is 0.203. The number of rotatable bonds is 8. The molecule has 0 spiro atoms. The molecule has 0 fully saturated rings. The van der Waals surface area contributed by atoms with E-state index in [1.165, 1.54) is 4.31 Å². The second-order valence-electron chi connectivity index (χ2n) is 4.90. The summed E-state index contributed by atoms with van der Waals surface area (Å²) in [5.41, 5.74) is 5.23. The molecule has 0 aliphatic rings. The van der Waals surface area contributed by atoms with E-state index in [0.29, 0.717) is 19.5 Å². The van der Waals surface area contributed by atoms with Gasteiger partial charge in [0.2, 0.25) is 0 Å². The lowest BCUT2D eigenvalue weighted by Crippen LogP contribution is -2.58. The van der Waals surface area contributed by atoms with Crippen LogP contribution in [0.4, 0.5) is 0 Å². The molecule has 0 aliphatic carbocycles. The molecule has 0 rings (SSSR count). The maximum absolute atomic E-state index is 12.3. The molecule has 0 aromatic heterocycles. The summed E-state index contributed by atoms with van der Waals surface area (Å²) in [6.45, 7) is 10.3. The number of nitrogens with zero attached hydrogens (tertiary/aromatic N) is 1. The van der Waals surface area contributed by atoms with Gasteiger partial charge in [-0.05, 0) is 33.6 Å². The van der Waals surface area contributed by atoms with Crippen molar-refractivity contribution in [1.29, 1.82) is 0 Å². The van der Waals surface area contributed by atoms with Crippen molar-refractivity contribution in [3.63, 3.8) is 0 Å². The lowest BCUT2D eigenvalue weighted by Gasteiger charge is -2.39. The van der Waals surface area contributed by atoms with Crippen LogP contribution in [0.5, 0.6) is 0 Å². The molecule has 0 saturated heterocycles. The highest BCUT2D eigenvalue weighted by molar-refractivity contribution is 7.87. The van der Waals surface area contributed by atoms with E-state index in [9.17, 15) is 8.42 Å². The minimum absolute atomic E-state index is 0.113. The predicted octanol–water partition coefficient (Wildman–Crippen LogP) is 1.07. The largest absolute Gasteiger partial charge is 0.329 e. The van der Waals surface area contributed by atoms with E-state index in [1.807, 2.05) is 34.6 Å². The van der Waals surface area contributed by atoms with E-state index in [1.54, 1.807) is 0 Å². The van der Waals surface area contributed by atoms with Gasteiger partial charge in [0, 0.05) is 24.7 Å². The SMILES string of the molecule is CCCN(C(C)(CC)CN)S(=O)(=O)NC(C)C. The molecular formula is C11H27N3O2S. The molecule has 3 N–H and O–H groups in total. The smallest absolute Gasteiger partial charge is 0.280 e. The van der Waals surface area contributed by atoms with Crippen LogP contribution in [0.25, 0.3) is 0 Å². The Kier molecular flexibility index (Phi) is 6.61. The second-order valence-corrected chi connectivity index (χ2v) is 6.53. The monoisotopic (exact) mass is 265 g/mol. The molecule has 0 aromatic rings. The van der Waals surface area contributed by atoms with Gasteiger partial charge >= 0.3 is 0 Å². The first-order valence-electron chi connectivity index (χ1n) is 6.23. The van der Waals surface area contributed by atoms with E-state index in [2.05, 4.69) is 4.72 Å². The van der Waals surface area contributed by atoms with Gasteiger partial charge in [-0.1, -0.05) is 13.8 Å². The number of nitrogens with two attached hydrogens (primary N) is 1. The normalized spacial score (nSPS) is 16.5. The topological polar surface area (TPSA) is 75.4 Å². The maximum Gasteiger partial charge on any atom is 0.280 e. The first-order valence-corrected chi connectivity index (χ1v) is 7.67. The minimum Gasteiger partial charge on any atom is -0.329 e. The van der Waals surface area contributed by atoms with Crippen molar-refractivity contribution < 1.29 is 8.42 Å². The molecular weight excluding hydrogens is 238 g/mol. The first kappa shape index (κ1) is 16.8. The molecule has 0 saturated carbocycles. The minimum atomic E-state index is -3.46. The van der Waals surface area contributed by atoms with Gasteiger partial charge in [0.25, 0.3) is 10.2 Å². The van der Waals surface area contributed by atoms with Crippen LogP contribution in [-0.2, 0) is 10.2 Å². The van der Waals surface area contributed by atoms with Crippen LogP contribution >= 0.6 is 0 Å². The van der Waals surface area contributed by atoms with Crippen LogP contribution in [0.15, 0.2) is 0 Å². The Labute approximate surface area is 106 Å². The molecule has 104 valence electrons. The third kappa shape index (κ3) is 4.54. The first-order chi connectivity index (χ1) is 7.73. The Bertz CT molecular complexity index is 311. The van der Waals surface area contributed by atoms with Crippen molar-refractivity contribution in [3.8, 4) is 0 Å². The zero-order chi connectivity index (χ0) is 13.7. The zero-order valence-electron chi connectivity index (χ0n) is 11.7. The van der Waals surface area contributed by atoms with Crippen LogP contribution in [-0.4, -0.2) is 37.4 Å². The molecule has 1 unspecified atom stereocenters. The fourth-order valence-corrected chi connectivity index (χ4v) is 3.60. The van der Waals surface area contributed by atoms with Gasteiger partial charge in [0.05, 0.1) is 0 Å². The number of hydrogen-bond acceptors (Lipinski definition) is 3. The van der Waals surface area contributed by atoms with E-state index in [0.717, 1.165) is 6.42 Å². The van der Waals surface area contributed by atoms with Gasteiger partial charge in [0.1, 0.15) is 0 Å². The molecule has 17 heavy (non-hydrogen) atoms. The maximum atomic E-state index is 12.3. The van der Waals surface area contributed by atoms with Crippen molar-refractivity contribution in [2.75, 3.05) is 13.1 Å². The van der Waals surface area contributed by atoms with Gasteiger partial charge in [-0.25, -0.2) is 0 Å². The van der Waals surface area contributed by atoms with Crippen LogP contribution in [0.1, 0.15) is 47.5 Å². The predicted molar refractivity (Wildman–Crippen MR) is 71.9 cm³/mol. The Morgan fingerprint density at radius 3 is 2.18 bits per heavy atom. The summed E-state index contributed by atoms with van der Waals surface area (Å²) in [4.78, 5) is 0. The molecule has 0 heterocycles. The third-order valence-corrected chi connectivity index (χ3v) is 4.88. The second kappa shape index (κ2) is 6.68. The number of hydrogen-bond donors (Lipinski definition) is 2. The molecule has 0 bridgehead atoms. The molecule has 0 radical (unpaired) electrons. The zero-order valence-corrected chi connectivity index (χ0v) is 12.5. The standard InChI is InChI=1S/C11H27N3O2S/c1-6-8-14(11(5,7-2)9-12)17(15,16)13-10(3)4/h10,13H,6-9,12H2,1-5H3. The summed E-state index contributed by atoms with van der Waals surface area (Å²) in [7, 11) is -3.46. The summed E-state index contributed by atoms with van der Waals surface area (Å²) >= 11 is 0. The number of nitrogens with one attached hydrogen (secondary N) is 1. The van der Waals surface area contributed by atoms with Crippen molar-refractivity contribution in [3.05, 3.63) is 0 Å². The highest BCUT2D eigenvalue weighted by Crippen LogP contribution is 2.21. The van der Waals surface area contributed by atoms with E-state index >= 15 is 0 Å². The van der Waals surface area contributed by atoms with Gasteiger partial charge in [-0.2, -0.15) is 17.4 Å². The van der Waals surface area contributed by atoms with Crippen LogP contribution < -0.4 is 10.5 Å². The Morgan fingerprint density at radius 1 is 1.35 bits per heavy atom. The Balaban J connectivity index is 5.22. The lowest BCUT2D eigenvalue weighted by atomic mass is 9.99. The highest BCUT2D eigenvalue weighted by Gasteiger charge is 2.37. The summed E-state index contributed by atoms with van der Waals surface area (Å²) in [6, 6.07) is -0.113. The van der Waals surface area contributed by atoms with Gasteiger partial charge in [-0.15, -0.1) is 0 Å². The Hall–Kier alpha value is -0.170. The highest BCUT2D eigenvalue weighted by atomic mass is 32.2. The molecule has 6 heteroatoms. The van der Waals surface area contributed by atoms with Gasteiger partial charge < -0.3 is 5.73 Å². The van der Waals surface area contributed by atoms with E-state index < -0.39 is 15.7 Å². The molecule has 0 aromatic carbocycles.